The normalized spacial score (nSPS) is 0. The van der Waals surface area contributed by atoms with E-state index in [4.69, 9.17) is 0 Å². The van der Waals surface area contributed by atoms with Gasteiger partial charge in [-0.1, -0.05) is 0 Å². The van der Waals surface area contributed by atoms with Crippen molar-refractivity contribution in [3.8, 4) is 0 Å². The molecule has 0 aromatic rings. The molecule has 0 aliphatic heterocycles. The van der Waals surface area contributed by atoms with Crippen molar-refractivity contribution >= 4 is 0 Å². The summed E-state index contributed by atoms with van der Waals surface area (Å²) >= 11 is 0. The smallest absolute Gasteiger partial charge is 0 e. The van der Waals surface area contributed by atoms with E-state index in [0.717, 1.165) is 0 Å². The van der Waals surface area contributed by atoms with Gasteiger partial charge in [0.05, 0.1) is 0 Å². The molecule has 37 valence electrons. The second-order valence-corrected chi connectivity index (χ2v) is 0. The van der Waals surface area contributed by atoms with Gasteiger partial charge in [-0.2, -0.15) is 0 Å². The maximum Gasteiger partial charge on any atom is 0 e. The topological polar surface area (TPSA) is 0 Å². The number of rotatable bonds is 0. The van der Waals surface area contributed by atoms with Gasteiger partial charge < -0.3 is 0 Å². The van der Waals surface area contributed by atoms with Crippen LogP contribution in [0, 0.1) is 0 Å². The monoisotopic (exact) mass is 637 g/mol. The minimum atomic E-state index is 0. The summed E-state index contributed by atoms with van der Waals surface area (Å²) in [6, 6.07) is 0. The molecule has 0 aromatic carbocycles. The van der Waals surface area contributed by atoms with Crippen LogP contribution in [-0.4, -0.2) is 0 Å². The molecule has 0 atom stereocenters. The molecule has 0 saturated carbocycles. The average Bonchev–Trinajstić information content (AvgIpc) is 0. The Morgan fingerprint density at radius 2 is 0.500 bits per heavy atom. The first-order chi connectivity index (χ1) is 0. The van der Waals surface area contributed by atoms with Crippen molar-refractivity contribution in [2.45, 2.75) is 0 Å². The molecule has 0 rings (SSSR count). The molecule has 0 aromatic heterocycles. The summed E-state index contributed by atoms with van der Waals surface area (Å²) in [7, 11) is 0. The van der Waals surface area contributed by atoms with Gasteiger partial charge in [0.2, 0.25) is 0 Å². The van der Waals surface area contributed by atoms with E-state index < -0.39 is 0 Å². The Labute approximate surface area is 75.9 Å². The van der Waals surface area contributed by atoms with Gasteiger partial charge >= 0.3 is 0 Å². The molecular weight excluding hydrogens is 635 g/mol. The second-order valence-electron chi connectivity index (χ2n) is 0. The molecule has 0 bridgehead atoms. The zero-order chi connectivity index (χ0) is 0. The molecule has 0 spiro atoms. The Kier molecular flexibility index (Phi) is 144. The fraction of sp³-hybridized carbons (Fsp3) is 0. The quantitative estimate of drug-likeness (QED) is 0.329. The van der Waals surface area contributed by atoms with E-state index >= 15 is 0 Å². The van der Waals surface area contributed by atoms with Crippen LogP contribution in [0.4, 0.5) is 0 Å². The Balaban J connectivity index is 0. The summed E-state index contributed by atoms with van der Waals surface area (Å²) in [5, 5.41) is 0. The second kappa shape index (κ2) is 18.0. The van der Waals surface area contributed by atoms with Crippen LogP contribution in [0.25, 0.3) is 0 Å². The van der Waals surface area contributed by atoms with Crippen molar-refractivity contribution < 1.29 is 76.8 Å². The molecule has 0 unspecified atom stereocenters. The van der Waals surface area contributed by atoms with Crippen LogP contribution in [0.3, 0.4) is 0 Å². The van der Waals surface area contributed by atoms with Crippen molar-refractivity contribution in [2.24, 2.45) is 0 Å². The van der Waals surface area contributed by atoms with E-state index in [-0.39, 0.29) is 76.8 Å². The van der Waals surface area contributed by atoms with E-state index in [1.54, 1.807) is 0 Å². The first kappa shape index (κ1) is 32.0. The standard InChI is InChI=1S/3Ir.Ni. The van der Waals surface area contributed by atoms with Crippen LogP contribution in [0.15, 0.2) is 0 Å². The SMILES string of the molecule is [Ir].[Ir].[Ir].[Ni]. The summed E-state index contributed by atoms with van der Waals surface area (Å²) < 4.78 is 0. The van der Waals surface area contributed by atoms with Gasteiger partial charge in [-0.05, 0) is 0 Å². The van der Waals surface area contributed by atoms with Crippen molar-refractivity contribution in [3.63, 3.8) is 0 Å². The summed E-state index contributed by atoms with van der Waals surface area (Å²) in [6.45, 7) is 0. The molecule has 0 heterocycles. The Bertz CT molecular complexity index is 3.25. The Morgan fingerprint density at radius 3 is 0.500 bits per heavy atom. The van der Waals surface area contributed by atoms with Crippen molar-refractivity contribution in [1.82, 2.24) is 0 Å². The molecule has 4 heteroatoms. The van der Waals surface area contributed by atoms with Gasteiger partial charge in [0.25, 0.3) is 0 Å². The molecule has 0 fully saturated rings. The van der Waals surface area contributed by atoms with Gasteiger partial charge in [-0.3, -0.25) is 0 Å². The minimum Gasteiger partial charge on any atom is 0 e. The fourth-order valence-corrected chi connectivity index (χ4v) is 0. The van der Waals surface area contributed by atoms with Crippen molar-refractivity contribution in [1.29, 1.82) is 0 Å². The van der Waals surface area contributed by atoms with Crippen LogP contribution in [0.5, 0.6) is 0 Å². The molecule has 0 N–H and O–H groups in total. The number of hydrogen-bond acceptors (Lipinski definition) is 0. The van der Waals surface area contributed by atoms with Crippen LogP contribution >= 0.6 is 0 Å². The molecule has 0 aliphatic carbocycles. The third-order valence-electron chi connectivity index (χ3n) is 0. The van der Waals surface area contributed by atoms with Crippen LogP contribution in [0.1, 0.15) is 0 Å². The third kappa shape index (κ3) is 8.82. The summed E-state index contributed by atoms with van der Waals surface area (Å²) in [5.41, 5.74) is 0. The van der Waals surface area contributed by atoms with Crippen molar-refractivity contribution in [2.75, 3.05) is 0 Å². The minimum absolute atomic E-state index is 0. The van der Waals surface area contributed by atoms with Gasteiger partial charge in [0.1, 0.15) is 0 Å². The van der Waals surface area contributed by atoms with Crippen LogP contribution in [-0.2, 0) is 76.8 Å². The van der Waals surface area contributed by atoms with E-state index in [0.29, 0.717) is 0 Å². The van der Waals surface area contributed by atoms with E-state index in [9.17, 15) is 0 Å². The predicted octanol–water partition coefficient (Wildman–Crippen LogP) is -0.0100. The maximum atomic E-state index is 0. The van der Waals surface area contributed by atoms with Gasteiger partial charge in [-0.15, -0.1) is 0 Å². The molecule has 4 heavy (non-hydrogen) atoms. The molecule has 0 nitrogen and oxygen atoms in total. The Morgan fingerprint density at radius 1 is 0.500 bits per heavy atom. The van der Waals surface area contributed by atoms with E-state index in [2.05, 4.69) is 0 Å². The van der Waals surface area contributed by atoms with Gasteiger partial charge in [0.15, 0.2) is 0 Å². The predicted molar refractivity (Wildman–Crippen MR) is 0 cm³/mol. The summed E-state index contributed by atoms with van der Waals surface area (Å²) in [4.78, 5) is 0. The molecule has 3 radical (unpaired) electrons. The molecule has 0 saturated heterocycles. The third-order valence-corrected chi connectivity index (χ3v) is 0. The fourth-order valence-electron chi connectivity index (χ4n) is 0. The average molecular weight is 635 g/mol. The molecular formula is Ir3Ni. The van der Waals surface area contributed by atoms with Gasteiger partial charge in [-0.25, -0.2) is 0 Å². The van der Waals surface area contributed by atoms with Crippen molar-refractivity contribution in [3.05, 3.63) is 0 Å². The zero-order valence-electron chi connectivity index (χ0n) is 1.32. The molecule has 0 aliphatic rings. The first-order valence-corrected chi connectivity index (χ1v) is 0. The summed E-state index contributed by atoms with van der Waals surface area (Å²) in [6.07, 6.45) is 0. The van der Waals surface area contributed by atoms with E-state index in [1.807, 2.05) is 0 Å². The Hall–Kier alpha value is 2.44. The van der Waals surface area contributed by atoms with Gasteiger partial charge in [0, 0.05) is 76.8 Å². The summed E-state index contributed by atoms with van der Waals surface area (Å²) in [5.74, 6) is 0. The first-order valence-electron chi connectivity index (χ1n) is 0. The van der Waals surface area contributed by atoms with Crippen LogP contribution in [0.2, 0.25) is 0 Å². The zero-order valence-corrected chi connectivity index (χ0v) is 9.49. The largest absolute Gasteiger partial charge is 0 e. The maximum absolute atomic E-state index is 0. The van der Waals surface area contributed by atoms with Crippen LogP contribution < -0.4 is 0 Å². The molecule has 0 amide bonds. The van der Waals surface area contributed by atoms with E-state index in [1.165, 1.54) is 0 Å². The number of hydrogen-bond donors (Lipinski definition) is 0.